The third kappa shape index (κ3) is 10.7. The Morgan fingerprint density at radius 2 is 1.06 bits per heavy atom. The molecule has 3 aromatic carbocycles. The highest BCUT2D eigenvalue weighted by molar-refractivity contribution is 5.82. The van der Waals surface area contributed by atoms with Gasteiger partial charge in [-0.25, -0.2) is 38.7 Å². The number of nitrogens with one attached hydrogen (secondary N) is 3. The van der Waals surface area contributed by atoms with E-state index in [0.717, 1.165) is 133 Å². The number of fused-ring (bicyclic) bond motifs is 6. The zero-order valence-corrected chi connectivity index (χ0v) is 50.6. The highest BCUT2D eigenvalue weighted by atomic mass is 19.1. The lowest BCUT2D eigenvalue weighted by molar-refractivity contribution is 0.356. The minimum absolute atomic E-state index is 0.233. The fourth-order valence-electron chi connectivity index (χ4n) is 11.9. The molecule has 0 spiro atoms. The van der Waals surface area contributed by atoms with Gasteiger partial charge in [-0.1, -0.05) is 12.1 Å². The molecule has 0 amide bonds. The van der Waals surface area contributed by atoms with Crippen LogP contribution >= 0.6 is 0 Å². The smallest absolute Gasteiger partial charge is 0.208 e. The van der Waals surface area contributed by atoms with E-state index in [0.29, 0.717) is 48.3 Å². The van der Waals surface area contributed by atoms with E-state index >= 15 is 0 Å². The number of ether oxygens (including phenoxy) is 2. The molecule has 0 saturated carbocycles. The first-order valence-corrected chi connectivity index (χ1v) is 29.2. The topological polar surface area (TPSA) is 212 Å². The van der Waals surface area contributed by atoms with Crippen molar-refractivity contribution < 1.29 is 22.7 Å². The summed E-state index contributed by atoms with van der Waals surface area (Å²) in [5.74, 6) is 3.22. The third-order valence-corrected chi connectivity index (χ3v) is 16.0. The molecule has 2 aliphatic heterocycles. The minimum atomic E-state index is -0.286. The van der Waals surface area contributed by atoms with Crippen molar-refractivity contribution in [2.24, 2.45) is 14.1 Å². The predicted octanol–water partition coefficient (Wildman–Crippen LogP) is 12.0. The van der Waals surface area contributed by atoms with E-state index in [2.05, 4.69) is 79.1 Å². The van der Waals surface area contributed by atoms with Crippen LogP contribution < -0.4 is 25.4 Å². The molecule has 15 rings (SSSR count). The van der Waals surface area contributed by atoms with Crippen LogP contribution in [0.4, 0.5) is 26.6 Å². The van der Waals surface area contributed by atoms with E-state index in [9.17, 15) is 8.78 Å². The van der Waals surface area contributed by atoms with E-state index in [1.807, 2.05) is 131 Å². The molecule has 0 atom stereocenters. The fourth-order valence-corrected chi connectivity index (χ4v) is 11.9. The number of halogens is 2. The average molecular weight is 1190 g/mol. The van der Waals surface area contributed by atoms with Gasteiger partial charge in [0.2, 0.25) is 17.8 Å². The van der Waals surface area contributed by atoms with Crippen LogP contribution in [-0.4, -0.2) is 85.7 Å². The summed E-state index contributed by atoms with van der Waals surface area (Å²) in [6, 6.07) is 18.5. The Labute approximate surface area is 505 Å². The van der Waals surface area contributed by atoms with Gasteiger partial charge >= 0.3 is 0 Å². The molecule has 0 saturated heterocycles. The number of aryl methyl sites for hydroxylation is 7. The van der Waals surface area contributed by atoms with E-state index in [1.165, 1.54) is 23.3 Å². The van der Waals surface area contributed by atoms with E-state index in [4.69, 9.17) is 28.8 Å². The van der Waals surface area contributed by atoms with Crippen LogP contribution in [0.3, 0.4) is 0 Å². The zero-order valence-electron chi connectivity index (χ0n) is 50.6. The molecule has 3 N–H and O–H groups in total. The van der Waals surface area contributed by atoms with Crippen molar-refractivity contribution in [2.75, 3.05) is 29.2 Å². The Morgan fingerprint density at radius 3 is 1.61 bits per heavy atom. The maximum atomic E-state index is 14.5. The van der Waals surface area contributed by atoms with Crippen LogP contribution in [0.15, 0.2) is 115 Å². The summed E-state index contributed by atoms with van der Waals surface area (Å²) in [5, 5.41) is 24.2. The Bertz CT molecular complexity index is 4790. The minimum Gasteiger partial charge on any atom is -0.493 e. The van der Waals surface area contributed by atoms with Crippen molar-refractivity contribution in [1.82, 2.24) is 72.4 Å². The van der Waals surface area contributed by atoms with Crippen LogP contribution in [0.5, 0.6) is 11.5 Å². The van der Waals surface area contributed by atoms with Gasteiger partial charge in [-0.15, -0.1) is 0 Å². The summed E-state index contributed by atoms with van der Waals surface area (Å²) in [4.78, 5) is 28.1. The van der Waals surface area contributed by atoms with Crippen molar-refractivity contribution in [1.29, 1.82) is 0 Å². The molecule has 0 radical (unpaired) electrons. The molecule has 88 heavy (non-hydrogen) atoms. The largest absolute Gasteiger partial charge is 0.493 e. The quantitative estimate of drug-likeness (QED) is 0.0980. The number of anilines is 3. The molecule has 0 fully saturated rings. The number of furan rings is 1. The molecular weight excluding hydrogens is 1120 g/mol. The Kier molecular flexibility index (Phi) is 14.9. The van der Waals surface area contributed by atoms with Crippen LogP contribution in [0, 0.1) is 53.2 Å². The molecule has 2 aliphatic rings. The molecule has 448 valence electrons. The molecule has 21 nitrogen and oxygen atoms in total. The fraction of sp³-hybridized carbons (Fsp3) is 0.277. The Hall–Kier alpha value is -10.5. The van der Waals surface area contributed by atoms with Gasteiger partial charge in [0.1, 0.15) is 34.4 Å². The predicted molar refractivity (Wildman–Crippen MR) is 333 cm³/mol. The lowest BCUT2D eigenvalue weighted by Gasteiger charge is -2.13. The number of hydrogen-bond acceptors (Lipinski definition) is 15. The third-order valence-electron chi connectivity index (χ3n) is 16.0. The van der Waals surface area contributed by atoms with Crippen molar-refractivity contribution >= 4 is 45.8 Å². The van der Waals surface area contributed by atoms with Gasteiger partial charge in [0.15, 0.2) is 11.3 Å². The van der Waals surface area contributed by atoms with Gasteiger partial charge in [0, 0.05) is 134 Å². The van der Waals surface area contributed by atoms with Crippen molar-refractivity contribution in [3.8, 4) is 45.1 Å². The highest BCUT2D eigenvalue weighted by Gasteiger charge is 2.24. The van der Waals surface area contributed by atoms with Crippen molar-refractivity contribution in [3.63, 3.8) is 0 Å². The van der Waals surface area contributed by atoms with Crippen LogP contribution in [0.2, 0.25) is 0 Å². The maximum absolute atomic E-state index is 14.5. The van der Waals surface area contributed by atoms with Gasteiger partial charge in [-0.3, -0.25) is 27.2 Å². The molecule has 13 aromatic rings. The zero-order chi connectivity index (χ0) is 61.1. The molecule has 12 heterocycles. The van der Waals surface area contributed by atoms with Crippen LogP contribution in [0.25, 0.3) is 61.6 Å². The summed E-state index contributed by atoms with van der Waals surface area (Å²) in [6.07, 6.45) is 16.4. The van der Waals surface area contributed by atoms with Gasteiger partial charge in [0.05, 0.1) is 76.7 Å². The first-order valence-electron chi connectivity index (χ1n) is 29.2. The summed E-state index contributed by atoms with van der Waals surface area (Å²) in [5.41, 5.74) is 19.1. The van der Waals surface area contributed by atoms with Crippen molar-refractivity contribution in [3.05, 3.63) is 184 Å². The van der Waals surface area contributed by atoms with Gasteiger partial charge < -0.3 is 29.8 Å². The van der Waals surface area contributed by atoms with Crippen LogP contribution in [-0.2, 0) is 46.6 Å². The van der Waals surface area contributed by atoms with E-state index < -0.39 is 0 Å². The van der Waals surface area contributed by atoms with Crippen LogP contribution in [0.1, 0.15) is 81.9 Å². The summed E-state index contributed by atoms with van der Waals surface area (Å²) in [6.45, 7) is 18.7. The first kappa shape index (κ1) is 56.7. The first-order chi connectivity index (χ1) is 42.5. The summed E-state index contributed by atoms with van der Waals surface area (Å²) >= 11 is 0. The number of nitrogens with zero attached hydrogens (tertiary/aromatic N) is 15. The van der Waals surface area contributed by atoms with Crippen molar-refractivity contribution in [2.45, 2.75) is 93.9 Å². The molecule has 0 aliphatic carbocycles. The summed E-state index contributed by atoms with van der Waals surface area (Å²) < 4.78 is 57.1. The second-order valence-corrected chi connectivity index (χ2v) is 22.5. The average Bonchev–Trinajstić information content (AvgIpc) is 1.87. The highest BCUT2D eigenvalue weighted by Crippen LogP contribution is 2.35. The number of hydrogen-bond donors (Lipinski definition) is 3. The lowest BCUT2D eigenvalue weighted by Crippen LogP contribution is -2.10. The van der Waals surface area contributed by atoms with E-state index in [-0.39, 0.29) is 24.2 Å². The second-order valence-electron chi connectivity index (χ2n) is 22.5. The molecular formula is C65H66F2N18O3. The second kappa shape index (κ2) is 23.1. The molecule has 23 heteroatoms. The SMILES string of the molecule is Cc1cn2c(NCc3c(F)ccc4c3CCO4)ncc(-c3cnn(C(C)C)c3C)c2n1.Cc1cn2c(NCc3c(F)ccc4occc34)ncc(-c3cc(C)nn3C)c2n1.Cc1cn2c(NCc3cccc4c3CCO4)ncc(-c3cc(C)nn3C)c2n1. The Morgan fingerprint density at radius 1 is 0.545 bits per heavy atom. The van der Waals surface area contributed by atoms with Gasteiger partial charge in [-0.05, 0) is 109 Å². The van der Waals surface area contributed by atoms with Gasteiger partial charge in [0.25, 0.3) is 0 Å². The number of rotatable bonds is 13. The standard InChI is InChI=1S/C23H25FN6O.C21H19FN6O.C21H22N6O/c1-13(2)30-15(4)17(11-27-30)19-10-26-23(29-12-14(3)28-22(19)29)25-9-18-16-7-8-31-21(16)6-5-20(18)24;1-12-8-18(27(3)26-12)16-10-24-21(28-11-13(2)25-20(16)28)23-9-15-14-6-7-29-19(14)5-4-17(15)22;1-13-9-18(26(3)25-13)17-11-23-21(27-12-14(2)24-20(17)27)22-10-15-5-4-6-19-16(15)7-8-28-19/h5-6,10-13H,7-9H2,1-4H3,(H,25,26);4-8,10-11H,9H2,1-3H3,(H,23,24);4-6,9,11-12H,7-8,10H2,1-3H3,(H,22,23). The Balaban J connectivity index is 0.000000122. The number of imidazole rings is 3. The molecule has 0 unspecified atom stereocenters. The normalized spacial score (nSPS) is 12.6. The summed E-state index contributed by atoms with van der Waals surface area (Å²) in [7, 11) is 3.84. The van der Waals surface area contributed by atoms with E-state index in [1.54, 1.807) is 30.7 Å². The number of aromatic nitrogens is 15. The monoisotopic (exact) mass is 1180 g/mol. The molecule has 0 bridgehead atoms. The maximum Gasteiger partial charge on any atom is 0.208 e. The number of benzene rings is 3. The lowest BCUT2D eigenvalue weighted by atomic mass is 10.0. The van der Waals surface area contributed by atoms with Gasteiger partial charge in [-0.2, -0.15) is 15.3 Å². The molecule has 10 aromatic heterocycles.